The van der Waals surface area contributed by atoms with E-state index >= 15 is 0 Å². The topological polar surface area (TPSA) is 28.2 Å². The first-order valence-electron chi connectivity index (χ1n) is 6.14. The number of aromatic nitrogens is 1. The Morgan fingerprint density at radius 2 is 1.83 bits per heavy atom. The summed E-state index contributed by atoms with van der Waals surface area (Å²) in [7, 11) is 2.05. The molecule has 94 valence electrons. The summed E-state index contributed by atoms with van der Waals surface area (Å²) in [6.07, 6.45) is 2.01. The van der Waals surface area contributed by atoms with Crippen LogP contribution in [-0.2, 0) is 0 Å². The summed E-state index contributed by atoms with van der Waals surface area (Å²) in [5.41, 5.74) is 2.30. The summed E-state index contributed by atoms with van der Waals surface area (Å²) in [5.74, 6) is 1.01. The number of anilines is 2. The summed E-state index contributed by atoms with van der Waals surface area (Å²) >= 11 is 0. The number of hydrogen-bond donors (Lipinski definition) is 1. The first-order valence-corrected chi connectivity index (χ1v) is 6.14. The number of hydrogen-bond acceptors (Lipinski definition) is 3. The number of rotatable bonds is 4. The lowest BCUT2D eigenvalue weighted by atomic mass is 10.2. The number of aryl methyl sites for hydroxylation is 1. The molecule has 0 aliphatic rings. The van der Waals surface area contributed by atoms with E-state index in [-0.39, 0.29) is 6.17 Å². The van der Waals surface area contributed by atoms with Crippen molar-refractivity contribution < 1.29 is 0 Å². The van der Waals surface area contributed by atoms with Crippen molar-refractivity contribution in [3.05, 3.63) is 54.2 Å². The average Bonchev–Trinajstić information content (AvgIpc) is 2.39. The summed E-state index contributed by atoms with van der Waals surface area (Å²) in [5, 5.41) is 3.45. The third kappa shape index (κ3) is 2.80. The highest BCUT2D eigenvalue weighted by Gasteiger charge is 2.12. The Bertz CT molecular complexity index is 496. The van der Waals surface area contributed by atoms with E-state index in [0.29, 0.717) is 0 Å². The summed E-state index contributed by atoms with van der Waals surface area (Å²) in [6.45, 7) is 4.20. The third-order valence-electron chi connectivity index (χ3n) is 3.05. The van der Waals surface area contributed by atoms with Crippen LogP contribution in [0.2, 0.25) is 0 Å². The second-order valence-electron chi connectivity index (χ2n) is 4.44. The van der Waals surface area contributed by atoms with E-state index in [9.17, 15) is 0 Å². The first kappa shape index (κ1) is 12.4. The van der Waals surface area contributed by atoms with E-state index < -0.39 is 0 Å². The zero-order valence-electron chi connectivity index (χ0n) is 11.1. The van der Waals surface area contributed by atoms with E-state index in [0.717, 1.165) is 11.5 Å². The lowest BCUT2D eigenvalue weighted by Gasteiger charge is -2.28. The molecule has 0 bridgehead atoms. The Morgan fingerprint density at radius 1 is 1.11 bits per heavy atom. The molecule has 1 aromatic carbocycles. The lowest BCUT2D eigenvalue weighted by Crippen LogP contribution is -2.36. The van der Waals surface area contributed by atoms with E-state index in [2.05, 4.69) is 54.3 Å². The van der Waals surface area contributed by atoms with Crippen LogP contribution in [0.15, 0.2) is 48.7 Å². The van der Waals surface area contributed by atoms with Crippen LogP contribution in [0.25, 0.3) is 0 Å². The fourth-order valence-corrected chi connectivity index (χ4v) is 1.90. The molecule has 0 saturated carbocycles. The van der Waals surface area contributed by atoms with Crippen LogP contribution in [0.5, 0.6) is 0 Å². The van der Waals surface area contributed by atoms with Crippen LogP contribution in [-0.4, -0.2) is 18.2 Å². The van der Waals surface area contributed by atoms with E-state index in [1.54, 1.807) is 0 Å². The van der Waals surface area contributed by atoms with Gasteiger partial charge in [0.1, 0.15) is 5.82 Å². The average molecular weight is 241 g/mol. The molecular weight excluding hydrogens is 222 g/mol. The molecule has 1 unspecified atom stereocenters. The number of para-hydroxylation sites is 1. The monoisotopic (exact) mass is 241 g/mol. The molecule has 1 N–H and O–H groups in total. The largest absolute Gasteiger partial charge is 0.365 e. The Labute approximate surface area is 108 Å². The zero-order valence-corrected chi connectivity index (χ0v) is 11.1. The quantitative estimate of drug-likeness (QED) is 0.833. The molecule has 0 saturated heterocycles. The highest BCUT2D eigenvalue weighted by atomic mass is 15.3. The summed E-state index contributed by atoms with van der Waals surface area (Å²) in [6, 6.07) is 14.2. The minimum absolute atomic E-state index is 0.181. The van der Waals surface area contributed by atoms with Gasteiger partial charge in [0, 0.05) is 18.9 Å². The van der Waals surface area contributed by atoms with Crippen molar-refractivity contribution in [2.75, 3.05) is 17.3 Å². The molecule has 3 heteroatoms. The van der Waals surface area contributed by atoms with E-state index in [1.165, 1.54) is 5.56 Å². The van der Waals surface area contributed by atoms with Crippen LogP contribution >= 0.6 is 0 Å². The molecular formula is C15H19N3. The highest BCUT2D eigenvalue weighted by molar-refractivity contribution is 5.50. The van der Waals surface area contributed by atoms with Gasteiger partial charge in [-0.15, -0.1) is 0 Å². The van der Waals surface area contributed by atoms with Crippen molar-refractivity contribution in [1.29, 1.82) is 0 Å². The van der Waals surface area contributed by atoms with Crippen molar-refractivity contribution in [2.24, 2.45) is 0 Å². The minimum atomic E-state index is 0.181. The molecule has 1 heterocycles. The predicted octanol–water partition coefficient (Wildman–Crippen LogP) is 3.28. The van der Waals surface area contributed by atoms with Crippen molar-refractivity contribution in [3.8, 4) is 0 Å². The number of nitrogens with zero attached hydrogens (tertiary/aromatic N) is 2. The van der Waals surface area contributed by atoms with Crippen LogP contribution < -0.4 is 10.2 Å². The van der Waals surface area contributed by atoms with Gasteiger partial charge in [-0.3, -0.25) is 0 Å². The standard InChI is InChI=1S/C15H19N3/c1-12-8-7-11-16-15(12)18(3)13(2)17-14-9-5-4-6-10-14/h4-11,13,17H,1-3H3. The Kier molecular flexibility index (Phi) is 3.82. The molecule has 2 rings (SSSR count). The lowest BCUT2D eigenvalue weighted by molar-refractivity contribution is 0.754. The van der Waals surface area contributed by atoms with Gasteiger partial charge in [-0.25, -0.2) is 4.98 Å². The van der Waals surface area contributed by atoms with Gasteiger partial charge in [-0.1, -0.05) is 24.3 Å². The molecule has 0 amide bonds. The van der Waals surface area contributed by atoms with Crippen molar-refractivity contribution in [3.63, 3.8) is 0 Å². The second-order valence-corrected chi connectivity index (χ2v) is 4.44. The van der Waals surface area contributed by atoms with Gasteiger partial charge in [0.2, 0.25) is 0 Å². The van der Waals surface area contributed by atoms with Crippen LogP contribution in [0.1, 0.15) is 12.5 Å². The third-order valence-corrected chi connectivity index (χ3v) is 3.05. The molecule has 3 nitrogen and oxygen atoms in total. The van der Waals surface area contributed by atoms with Crippen molar-refractivity contribution >= 4 is 11.5 Å². The smallest absolute Gasteiger partial charge is 0.132 e. The second kappa shape index (κ2) is 5.54. The molecule has 0 radical (unpaired) electrons. The molecule has 0 aliphatic carbocycles. The zero-order chi connectivity index (χ0) is 13.0. The molecule has 0 aliphatic heterocycles. The predicted molar refractivity (Wildman–Crippen MR) is 76.9 cm³/mol. The summed E-state index contributed by atoms with van der Waals surface area (Å²) in [4.78, 5) is 6.57. The normalized spacial score (nSPS) is 11.9. The van der Waals surface area contributed by atoms with E-state index in [1.807, 2.05) is 30.5 Å². The molecule has 1 atom stereocenters. The Morgan fingerprint density at radius 3 is 2.50 bits per heavy atom. The van der Waals surface area contributed by atoms with Gasteiger partial charge >= 0.3 is 0 Å². The van der Waals surface area contributed by atoms with Crippen LogP contribution in [0.3, 0.4) is 0 Å². The van der Waals surface area contributed by atoms with Gasteiger partial charge in [0.15, 0.2) is 0 Å². The fourth-order valence-electron chi connectivity index (χ4n) is 1.90. The molecule has 1 aromatic heterocycles. The maximum Gasteiger partial charge on any atom is 0.132 e. The van der Waals surface area contributed by atoms with Gasteiger partial charge in [-0.05, 0) is 37.6 Å². The van der Waals surface area contributed by atoms with Crippen molar-refractivity contribution in [2.45, 2.75) is 20.0 Å². The molecule has 2 aromatic rings. The van der Waals surface area contributed by atoms with Crippen molar-refractivity contribution in [1.82, 2.24) is 4.98 Å². The maximum absolute atomic E-state index is 4.43. The molecule has 0 fully saturated rings. The number of pyridine rings is 1. The maximum atomic E-state index is 4.43. The molecule has 18 heavy (non-hydrogen) atoms. The van der Waals surface area contributed by atoms with Gasteiger partial charge in [0.05, 0.1) is 6.17 Å². The number of nitrogens with one attached hydrogen (secondary N) is 1. The van der Waals surface area contributed by atoms with Gasteiger partial charge in [0.25, 0.3) is 0 Å². The highest BCUT2D eigenvalue weighted by Crippen LogP contribution is 2.17. The molecule has 0 spiro atoms. The SMILES string of the molecule is Cc1cccnc1N(C)C(C)Nc1ccccc1. The van der Waals surface area contributed by atoms with Crippen LogP contribution in [0, 0.1) is 6.92 Å². The van der Waals surface area contributed by atoms with Gasteiger partial charge < -0.3 is 10.2 Å². The first-order chi connectivity index (χ1) is 8.68. The Hall–Kier alpha value is -2.03. The van der Waals surface area contributed by atoms with Gasteiger partial charge in [-0.2, -0.15) is 0 Å². The summed E-state index contributed by atoms with van der Waals surface area (Å²) < 4.78 is 0. The number of benzene rings is 1. The minimum Gasteiger partial charge on any atom is -0.365 e. The van der Waals surface area contributed by atoms with Crippen LogP contribution in [0.4, 0.5) is 11.5 Å². The van der Waals surface area contributed by atoms with E-state index in [4.69, 9.17) is 0 Å². The Balaban J connectivity index is 2.10. The fraction of sp³-hybridized carbons (Fsp3) is 0.267.